The predicted molar refractivity (Wildman–Crippen MR) is 47.7 cm³/mol. The number of allylic oxidation sites excluding steroid dienone is 1. The van der Waals surface area contributed by atoms with Crippen molar-refractivity contribution in [2.45, 2.75) is 38.7 Å². The minimum Gasteiger partial charge on any atom is -0.462 e. The van der Waals surface area contributed by atoms with E-state index in [4.69, 9.17) is 10.00 Å². The Balaban J connectivity index is 2.43. The van der Waals surface area contributed by atoms with Gasteiger partial charge in [-0.15, -0.1) is 0 Å². The molecule has 13 heavy (non-hydrogen) atoms. The predicted octanol–water partition coefficient (Wildman–Crippen LogP) is 1.94. The Labute approximate surface area is 78.0 Å². The van der Waals surface area contributed by atoms with Crippen molar-refractivity contribution in [3.8, 4) is 6.07 Å². The zero-order valence-electron chi connectivity index (χ0n) is 7.75. The molecule has 3 heteroatoms. The lowest BCUT2D eigenvalue weighted by atomic mass is 9.98. The Kier molecular flexibility index (Phi) is 3.51. The van der Waals surface area contributed by atoms with Crippen LogP contribution < -0.4 is 0 Å². The normalized spacial score (nSPS) is 21.5. The molecular formula is C10H13NO2. The van der Waals surface area contributed by atoms with Gasteiger partial charge in [0.15, 0.2) is 0 Å². The summed E-state index contributed by atoms with van der Waals surface area (Å²) >= 11 is 0. The maximum atomic E-state index is 11.0. The van der Waals surface area contributed by atoms with Gasteiger partial charge in [-0.3, -0.25) is 4.79 Å². The Bertz CT molecular complexity index is 263. The molecule has 70 valence electrons. The fourth-order valence-corrected chi connectivity index (χ4v) is 1.34. The highest BCUT2D eigenvalue weighted by Gasteiger charge is 2.18. The lowest BCUT2D eigenvalue weighted by Gasteiger charge is -2.19. The van der Waals surface area contributed by atoms with Crippen molar-refractivity contribution in [3.05, 3.63) is 11.6 Å². The summed E-state index contributed by atoms with van der Waals surface area (Å²) in [6.45, 7) is 1.77. The van der Waals surface area contributed by atoms with Gasteiger partial charge in [0.1, 0.15) is 6.10 Å². The SMILES string of the molecule is CCC(=O)O[C@H]1CCC=C(C#N)C1. The summed E-state index contributed by atoms with van der Waals surface area (Å²) in [6, 6.07) is 2.09. The van der Waals surface area contributed by atoms with Crippen molar-refractivity contribution in [2.24, 2.45) is 0 Å². The Morgan fingerprint density at radius 2 is 2.62 bits per heavy atom. The van der Waals surface area contributed by atoms with E-state index < -0.39 is 0 Å². The molecule has 0 fully saturated rings. The highest BCUT2D eigenvalue weighted by atomic mass is 16.5. The van der Waals surface area contributed by atoms with Crippen molar-refractivity contribution in [2.75, 3.05) is 0 Å². The number of nitriles is 1. The molecular weight excluding hydrogens is 166 g/mol. The van der Waals surface area contributed by atoms with Gasteiger partial charge in [-0.05, 0) is 12.8 Å². The quantitative estimate of drug-likeness (QED) is 0.609. The van der Waals surface area contributed by atoms with Crippen LogP contribution in [0.5, 0.6) is 0 Å². The largest absolute Gasteiger partial charge is 0.462 e. The van der Waals surface area contributed by atoms with E-state index in [0.29, 0.717) is 12.8 Å². The minimum atomic E-state index is -0.177. The van der Waals surface area contributed by atoms with E-state index in [0.717, 1.165) is 18.4 Å². The van der Waals surface area contributed by atoms with Crippen LogP contribution in [0.25, 0.3) is 0 Å². The number of carbonyl (C=O) groups is 1. The summed E-state index contributed by atoms with van der Waals surface area (Å²) in [4.78, 5) is 11.0. The van der Waals surface area contributed by atoms with Crippen LogP contribution in [0.15, 0.2) is 11.6 Å². The first-order valence-corrected chi connectivity index (χ1v) is 4.55. The zero-order chi connectivity index (χ0) is 9.68. The molecule has 1 atom stereocenters. The summed E-state index contributed by atoms with van der Waals surface area (Å²) in [5, 5.41) is 8.64. The zero-order valence-corrected chi connectivity index (χ0v) is 7.75. The molecule has 0 bridgehead atoms. The Morgan fingerprint density at radius 3 is 3.23 bits per heavy atom. The number of hydrogen-bond acceptors (Lipinski definition) is 3. The lowest BCUT2D eigenvalue weighted by Crippen LogP contribution is -2.20. The summed E-state index contributed by atoms with van der Waals surface area (Å²) in [7, 11) is 0. The molecule has 0 spiro atoms. The molecule has 0 aromatic rings. The molecule has 0 aromatic heterocycles. The van der Waals surface area contributed by atoms with Crippen molar-refractivity contribution < 1.29 is 9.53 Å². The van der Waals surface area contributed by atoms with E-state index in [1.807, 2.05) is 6.08 Å². The summed E-state index contributed by atoms with van der Waals surface area (Å²) in [5.41, 5.74) is 0.736. The first-order chi connectivity index (χ1) is 6.26. The monoisotopic (exact) mass is 179 g/mol. The van der Waals surface area contributed by atoms with Crippen LogP contribution in [-0.4, -0.2) is 12.1 Å². The second kappa shape index (κ2) is 4.66. The van der Waals surface area contributed by atoms with Gasteiger partial charge in [-0.1, -0.05) is 13.0 Å². The fraction of sp³-hybridized carbons (Fsp3) is 0.600. The topological polar surface area (TPSA) is 50.1 Å². The van der Waals surface area contributed by atoms with E-state index >= 15 is 0 Å². The standard InChI is InChI=1S/C10H13NO2/c1-2-10(12)13-9-5-3-4-8(6-9)7-11/h4,9H,2-3,5-6H2,1H3/t9-/m0/s1. The third kappa shape index (κ3) is 2.90. The minimum absolute atomic E-state index is 0.0768. The first kappa shape index (κ1) is 9.79. The van der Waals surface area contributed by atoms with Gasteiger partial charge in [0.25, 0.3) is 0 Å². The second-order valence-electron chi connectivity index (χ2n) is 3.09. The Morgan fingerprint density at radius 1 is 1.85 bits per heavy atom. The molecule has 1 aliphatic carbocycles. The molecule has 0 amide bonds. The van der Waals surface area contributed by atoms with E-state index in [9.17, 15) is 4.79 Å². The van der Waals surface area contributed by atoms with Crippen LogP contribution in [0.1, 0.15) is 32.6 Å². The van der Waals surface area contributed by atoms with Crippen LogP contribution >= 0.6 is 0 Å². The molecule has 0 aliphatic heterocycles. The molecule has 0 saturated heterocycles. The average molecular weight is 179 g/mol. The Hall–Kier alpha value is -1.30. The van der Waals surface area contributed by atoms with Gasteiger partial charge in [-0.2, -0.15) is 5.26 Å². The maximum absolute atomic E-state index is 11.0. The van der Waals surface area contributed by atoms with E-state index in [1.165, 1.54) is 0 Å². The van der Waals surface area contributed by atoms with E-state index in [2.05, 4.69) is 6.07 Å². The molecule has 3 nitrogen and oxygen atoms in total. The van der Waals surface area contributed by atoms with Gasteiger partial charge < -0.3 is 4.74 Å². The van der Waals surface area contributed by atoms with Crippen LogP contribution in [0.3, 0.4) is 0 Å². The molecule has 0 heterocycles. The summed E-state index contributed by atoms with van der Waals surface area (Å²) < 4.78 is 5.14. The number of hydrogen-bond donors (Lipinski definition) is 0. The van der Waals surface area contributed by atoms with Crippen LogP contribution in [0, 0.1) is 11.3 Å². The second-order valence-corrected chi connectivity index (χ2v) is 3.09. The number of esters is 1. The lowest BCUT2D eigenvalue weighted by molar-refractivity contribution is -0.149. The van der Waals surface area contributed by atoms with Gasteiger partial charge >= 0.3 is 5.97 Å². The fourth-order valence-electron chi connectivity index (χ4n) is 1.34. The van der Waals surface area contributed by atoms with Gasteiger partial charge in [0.05, 0.1) is 6.07 Å². The first-order valence-electron chi connectivity index (χ1n) is 4.55. The maximum Gasteiger partial charge on any atom is 0.305 e. The summed E-state index contributed by atoms with van der Waals surface area (Å²) in [5.74, 6) is -0.177. The van der Waals surface area contributed by atoms with Crippen molar-refractivity contribution in [3.63, 3.8) is 0 Å². The molecule has 0 unspecified atom stereocenters. The van der Waals surface area contributed by atoms with Crippen LogP contribution in [-0.2, 0) is 9.53 Å². The number of nitrogens with zero attached hydrogens (tertiary/aromatic N) is 1. The van der Waals surface area contributed by atoms with E-state index in [-0.39, 0.29) is 12.1 Å². The van der Waals surface area contributed by atoms with Gasteiger partial charge in [-0.25, -0.2) is 0 Å². The summed E-state index contributed by atoms with van der Waals surface area (Å²) in [6.07, 6.45) is 4.51. The van der Waals surface area contributed by atoms with Gasteiger partial charge in [0, 0.05) is 18.4 Å². The molecule has 0 radical (unpaired) electrons. The number of rotatable bonds is 2. The van der Waals surface area contributed by atoms with Crippen molar-refractivity contribution in [1.82, 2.24) is 0 Å². The molecule has 0 aromatic carbocycles. The van der Waals surface area contributed by atoms with Crippen LogP contribution in [0.2, 0.25) is 0 Å². The smallest absolute Gasteiger partial charge is 0.305 e. The van der Waals surface area contributed by atoms with E-state index in [1.54, 1.807) is 6.92 Å². The van der Waals surface area contributed by atoms with Crippen molar-refractivity contribution in [1.29, 1.82) is 5.26 Å². The highest BCUT2D eigenvalue weighted by Crippen LogP contribution is 2.20. The van der Waals surface area contributed by atoms with Crippen LogP contribution in [0.4, 0.5) is 0 Å². The van der Waals surface area contributed by atoms with Gasteiger partial charge in [0.2, 0.25) is 0 Å². The third-order valence-electron chi connectivity index (χ3n) is 2.06. The molecule has 1 rings (SSSR count). The molecule has 0 N–H and O–H groups in total. The molecule has 0 saturated carbocycles. The van der Waals surface area contributed by atoms with Crippen molar-refractivity contribution >= 4 is 5.97 Å². The third-order valence-corrected chi connectivity index (χ3v) is 2.06. The number of ether oxygens (including phenoxy) is 1. The highest BCUT2D eigenvalue weighted by molar-refractivity contribution is 5.69. The average Bonchev–Trinajstić information content (AvgIpc) is 2.18. The number of carbonyl (C=O) groups excluding carboxylic acids is 1. The molecule has 1 aliphatic rings.